The van der Waals surface area contributed by atoms with E-state index >= 15 is 0 Å². The molecule has 2 aromatic carbocycles. The smallest absolute Gasteiger partial charge is 0.123 e. The van der Waals surface area contributed by atoms with Crippen molar-refractivity contribution < 1.29 is 4.74 Å². The molecule has 110 valence electrons. The second kappa shape index (κ2) is 5.04. The predicted octanol–water partition coefficient (Wildman–Crippen LogP) is 4.41. The topological polar surface area (TPSA) is 35.2 Å². The van der Waals surface area contributed by atoms with E-state index in [0.29, 0.717) is 0 Å². The third-order valence-electron chi connectivity index (χ3n) is 4.00. The van der Waals surface area contributed by atoms with Crippen molar-refractivity contribution in [2.45, 2.75) is 38.8 Å². The van der Waals surface area contributed by atoms with Crippen molar-refractivity contribution in [2.75, 3.05) is 0 Å². The van der Waals surface area contributed by atoms with Gasteiger partial charge in [-0.05, 0) is 49.1 Å². The lowest BCUT2D eigenvalue weighted by atomic mass is 9.94. The highest BCUT2D eigenvalue weighted by molar-refractivity contribution is 6.32. The molecule has 1 unspecified atom stereocenters. The lowest BCUT2D eigenvalue weighted by Gasteiger charge is -2.17. The second-order valence-corrected chi connectivity index (χ2v) is 6.74. The van der Waals surface area contributed by atoms with Crippen LogP contribution < -0.4 is 10.5 Å². The van der Waals surface area contributed by atoms with Crippen LogP contribution in [0.15, 0.2) is 36.4 Å². The van der Waals surface area contributed by atoms with Crippen molar-refractivity contribution in [3.05, 3.63) is 63.7 Å². The summed E-state index contributed by atoms with van der Waals surface area (Å²) in [6, 6.07) is 12.0. The number of benzene rings is 2. The van der Waals surface area contributed by atoms with E-state index in [1.165, 1.54) is 5.56 Å². The number of ether oxygens (including phenoxy) is 1. The molecule has 3 heteroatoms. The van der Waals surface area contributed by atoms with E-state index in [9.17, 15) is 0 Å². The van der Waals surface area contributed by atoms with E-state index in [4.69, 9.17) is 22.1 Å². The van der Waals surface area contributed by atoms with Gasteiger partial charge in [-0.1, -0.05) is 41.9 Å². The fourth-order valence-corrected chi connectivity index (χ4v) is 3.16. The van der Waals surface area contributed by atoms with Crippen molar-refractivity contribution in [3.63, 3.8) is 0 Å². The molecule has 3 rings (SSSR count). The zero-order valence-electron chi connectivity index (χ0n) is 12.6. The molecule has 0 aliphatic carbocycles. The van der Waals surface area contributed by atoms with Gasteiger partial charge in [-0.25, -0.2) is 0 Å². The molecule has 21 heavy (non-hydrogen) atoms. The Morgan fingerprint density at radius 1 is 1.24 bits per heavy atom. The van der Waals surface area contributed by atoms with Crippen LogP contribution in [-0.4, -0.2) is 5.60 Å². The Kier molecular flexibility index (Phi) is 3.46. The summed E-state index contributed by atoms with van der Waals surface area (Å²) in [6.45, 7) is 6.20. The van der Waals surface area contributed by atoms with Crippen molar-refractivity contribution in [3.8, 4) is 5.75 Å². The molecule has 1 atom stereocenters. The molecule has 1 heterocycles. The van der Waals surface area contributed by atoms with Gasteiger partial charge in [0.15, 0.2) is 0 Å². The first kappa shape index (κ1) is 14.4. The van der Waals surface area contributed by atoms with Crippen molar-refractivity contribution in [2.24, 2.45) is 5.73 Å². The van der Waals surface area contributed by atoms with Gasteiger partial charge >= 0.3 is 0 Å². The highest BCUT2D eigenvalue weighted by Crippen LogP contribution is 2.37. The zero-order chi connectivity index (χ0) is 15.2. The van der Waals surface area contributed by atoms with Crippen LogP contribution in [0.3, 0.4) is 0 Å². The van der Waals surface area contributed by atoms with Gasteiger partial charge in [-0.2, -0.15) is 0 Å². The third kappa shape index (κ3) is 2.66. The van der Waals surface area contributed by atoms with Crippen LogP contribution in [-0.2, 0) is 6.42 Å². The molecular weight excluding hydrogens is 282 g/mol. The molecule has 0 amide bonds. The molecule has 0 saturated carbocycles. The Balaban J connectivity index is 1.97. The summed E-state index contributed by atoms with van der Waals surface area (Å²) in [7, 11) is 0. The molecule has 2 nitrogen and oxygen atoms in total. The first-order valence-corrected chi connectivity index (χ1v) is 7.58. The van der Waals surface area contributed by atoms with E-state index < -0.39 is 0 Å². The van der Waals surface area contributed by atoms with Crippen LogP contribution in [0.25, 0.3) is 0 Å². The van der Waals surface area contributed by atoms with Crippen LogP contribution in [0.4, 0.5) is 0 Å². The molecule has 1 aliphatic heterocycles. The third-order valence-corrected chi connectivity index (χ3v) is 4.52. The number of rotatable bonds is 2. The van der Waals surface area contributed by atoms with Crippen LogP contribution in [0.5, 0.6) is 5.75 Å². The van der Waals surface area contributed by atoms with Gasteiger partial charge < -0.3 is 10.5 Å². The standard InChI is InChI=1S/C18H20ClNO/c1-11-5-4-6-14(16(11)19)17(20)12-7-8-15-13(9-12)10-18(2,3)21-15/h4-9,17H,10,20H2,1-3H3. The highest BCUT2D eigenvalue weighted by atomic mass is 35.5. The molecule has 2 aromatic rings. The largest absolute Gasteiger partial charge is 0.487 e. The molecule has 0 spiro atoms. The molecule has 0 bridgehead atoms. The molecule has 0 radical (unpaired) electrons. The average molecular weight is 302 g/mol. The van der Waals surface area contributed by atoms with Crippen molar-refractivity contribution in [1.29, 1.82) is 0 Å². The van der Waals surface area contributed by atoms with Gasteiger partial charge in [-0.3, -0.25) is 0 Å². The normalized spacial score (nSPS) is 17.2. The minimum Gasteiger partial charge on any atom is -0.487 e. The first-order chi connectivity index (χ1) is 9.87. The lowest BCUT2D eigenvalue weighted by molar-refractivity contribution is 0.138. The van der Waals surface area contributed by atoms with Crippen LogP contribution >= 0.6 is 11.6 Å². The number of hydrogen-bond donors (Lipinski definition) is 1. The van der Waals surface area contributed by atoms with Gasteiger partial charge in [0.05, 0.1) is 6.04 Å². The number of hydrogen-bond acceptors (Lipinski definition) is 2. The maximum Gasteiger partial charge on any atom is 0.123 e. The zero-order valence-corrected chi connectivity index (χ0v) is 13.4. The minimum atomic E-state index is -0.216. The maximum atomic E-state index is 6.42. The number of fused-ring (bicyclic) bond motifs is 1. The van der Waals surface area contributed by atoms with Gasteiger partial charge in [0.2, 0.25) is 0 Å². The van der Waals surface area contributed by atoms with Crippen molar-refractivity contribution in [1.82, 2.24) is 0 Å². The van der Waals surface area contributed by atoms with E-state index in [-0.39, 0.29) is 11.6 Å². The second-order valence-electron chi connectivity index (χ2n) is 6.36. The highest BCUT2D eigenvalue weighted by Gasteiger charge is 2.30. The molecule has 0 saturated heterocycles. The molecule has 0 aromatic heterocycles. The Morgan fingerprint density at radius 2 is 2.00 bits per heavy atom. The first-order valence-electron chi connectivity index (χ1n) is 7.20. The number of nitrogens with two attached hydrogens (primary N) is 1. The summed E-state index contributed by atoms with van der Waals surface area (Å²) in [5, 5.41) is 0.752. The average Bonchev–Trinajstić information content (AvgIpc) is 2.73. The summed E-state index contributed by atoms with van der Waals surface area (Å²) in [4.78, 5) is 0. The lowest BCUT2D eigenvalue weighted by Crippen LogP contribution is -2.24. The number of halogens is 1. The molecule has 1 aliphatic rings. The van der Waals surface area contributed by atoms with Crippen LogP contribution in [0.2, 0.25) is 5.02 Å². The maximum absolute atomic E-state index is 6.42. The quantitative estimate of drug-likeness (QED) is 0.891. The van der Waals surface area contributed by atoms with Gasteiger partial charge in [0, 0.05) is 11.4 Å². The minimum absolute atomic E-state index is 0.133. The Morgan fingerprint density at radius 3 is 2.76 bits per heavy atom. The van der Waals surface area contributed by atoms with E-state index in [2.05, 4.69) is 19.9 Å². The Bertz CT molecular complexity index is 694. The predicted molar refractivity (Wildman–Crippen MR) is 87.1 cm³/mol. The fraction of sp³-hybridized carbons (Fsp3) is 0.333. The summed E-state index contributed by atoms with van der Waals surface area (Å²) in [5.74, 6) is 0.964. The van der Waals surface area contributed by atoms with Gasteiger partial charge in [-0.15, -0.1) is 0 Å². The Hall–Kier alpha value is -1.51. The van der Waals surface area contributed by atoms with Gasteiger partial charge in [0.25, 0.3) is 0 Å². The van der Waals surface area contributed by atoms with Crippen molar-refractivity contribution >= 4 is 11.6 Å². The van der Waals surface area contributed by atoms with Crippen LogP contribution in [0.1, 0.15) is 42.1 Å². The summed E-state index contributed by atoms with van der Waals surface area (Å²) < 4.78 is 5.91. The molecule has 0 fully saturated rings. The van der Waals surface area contributed by atoms with E-state index in [1.807, 2.05) is 37.3 Å². The van der Waals surface area contributed by atoms with Crippen LogP contribution in [0, 0.1) is 6.92 Å². The summed E-state index contributed by atoms with van der Waals surface area (Å²) >= 11 is 6.40. The Labute approximate surface area is 130 Å². The monoisotopic (exact) mass is 301 g/mol. The molecular formula is C18H20ClNO. The van der Waals surface area contributed by atoms with Gasteiger partial charge in [0.1, 0.15) is 11.4 Å². The number of aryl methyl sites for hydroxylation is 1. The van der Waals surface area contributed by atoms with E-state index in [1.54, 1.807) is 0 Å². The van der Waals surface area contributed by atoms with E-state index in [0.717, 1.165) is 33.9 Å². The fourth-order valence-electron chi connectivity index (χ4n) is 2.91. The SMILES string of the molecule is Cc1cccc(C(N)c2ccc3c(c2)CC(C)(C)O3)c1Cl. The summed E-state index contributed by atoms with van der Waals surface area (Å²) in [5.41, 5.74) is 10.6. The summed E-state index contributed by atoms with van der Waals surface area (Å²) in [6.07, 6.45) is 0.907. The molecule has 2 N–H and O–H groups in total.